The molecule has 0 saturated carbocycles. The van der Waals surface area contributed by atoms with Crippen molar-refractivity contribution in [1.82, 2.24) is 9.88 Å². The van der Waals surface area contributed by atoms with Crippen LogP contribution in [0.15, 0.2) is 24.5 Å². The van der Waals surface area contributed by atoms with Gasteiger partial charge in [0.05, 0.1) is 7.11 Å². The Hall–Kier alpha value is -2.11. The molecule has 0 aliphatic carbocycles. The molecule has 0 aromatic carbocycles. The van der Waals surface area contributed by atoms with Crippen LogP contribution < -0.4 is 0 Å². The number of methoxy groups -OCH3 is 1. The van der Waals surface area contributed by atoms with Crippen molar-refractivity contribution < 1.29 is 19.4 Å². The van der Waals surface area contributed by atoms with Gasteiger partial charge in [-0.15, -0.1) is 0 Å². The third kappa shape index (κ3) is 3.44. The topological polar surface area (TPSA) is 79.7 Å². The minimum absolute atomic E-state index is 0.212. The number of aliphatic carboxylic acids is 1. The minimum atomic E-state index is -1.07. The molecule has 0 fully saturated rings. The second-order valence-electron chi connectivity index (χ2n) is 3.49. The SMILES string of the molecule is COC(=O)N(C)[C@@H](Cc1ccncc1)C(=O)O. The molecule has 0 spiro atoms. The average molecular weight is 238 g/mol. The molecule has 1 aromatic heterocycles. The lowest BCUT2D eigenvalue weighted by molar-refractivity contribution is -0.142. The number of aromatic nitrogens is 1. The van der Waals surface area contributed by atoms with E-state index in [-0.39, 0.29) is 6.42 Å². The number of carboxylic acid groups (broad SMARTS) is 1. The molecule has 1 aromatic rings. The quantitative estimate of drug-likeness (QED) is 0.838. The molecule has 0 radical (unpaired) electrons. The van der Waals surface area contributed by atoms with E-state index >= 15 is 0 Å². The second kappa shape index (κ2) is 5.83. The monoisotopic (exact) mass is 238 g/mol. The lowest BCUT2D eigenvalue weighted by Crippen LogP contribution is -2.43. The van der Waals surface area contributed by atoms with Crippen LogP contribution in [0.4, 0.5) is 4.79 Å². The van der Waals surface area contributed by atoms with E-state index in [1.807, 2.05) is 0 Å². The predicted octanol–water partition coefficient (Wildman–Crippen LogP) is 0.775. The van der Waals surface area contributed by atoms with Gasteiger partial charge in [0.1, 0.15) is 6.04 Å². The number of likely N-dealkylation sites (N-methyl/N-ethyl adjacent to an activating group) is 1. The lowest BCUT2D eigenvalue weighted by atomic mass is 10.1. The third-order valence-electron chi connectivity index (χ3n) is 2.39. The number of amides is 1. The van der Waals surface area contributed by atoms with Crippen LogP contribution >= 0.6 is 0 Å². The summed E-state index contributed by atoms with van der Waals surface area (Å²) in [4.78, 5) is 27.3. The Morgan fingerprint density at radius 2 is 2.06 bits per heavy atom. The van der Waals surface area contributed by atoms with Crippen LogP contribution in [0, 0.1) is 0 Å². The fourth-order valence-corrected chi connectivity index (χ4v) is 1.40. The van der Waals surface area contributed by atoms with Gasteiger partial charge in [-0.05, 0) is 17.7 Å². The molecule has 0 bridgehead atoms. The number of carboxylic acids is 1. The van der Waals surface area contributed by atoms with E-state index in [2.05, 4.69) is 9.72 Å². The molecule has 1 heterocycles. The van der Waals surface area contributed by atoms with Crippen LogP contribution in [0.5, 0.6) is 0 Å². The fraction of sp³-hybridized carbons (Fsp3) is 0.364. The van der Waals surface area contributed by atoms with Crippen LogP contribution in [-0.2, 0) is 16.0 Å². The Labute approximate surface area is 98.8 Å². The van der Waals surface area contributed by atoms with Gasteiger partial charge < -0.3 is 9.84 Å². The zero-order chi connectivity index (χ0) is 12.8. The van der Waals surface area contributed by atoms with Crippen molar-refractivity contribution in [3.8, 4) is 0 Å². The van der Waals surface area contributed by atoms with Crippen molar-refractivity contribution in [2.24, 2.45) is 0 Å². The molecular formula is C11H14N2O4. The summed E-state index contributed by atoms with van der Waals surface area (Å²) in [6, 6.07) is 2.46. The first-order valence-corrected chi connectivity index (χ1v) is 4.98. The molecular weight excluding hydrogens is 224 g/mol. The number of carbonyl (C=O) groups excluding carboxylic acids is 1. The number of hydrogen-bond acceptors (Lipinski definition) is 4. The van der Waals surface area contributed by atoms with Gasteiger partial charge in [0.2, 0.25) is 0 Å². The third-order valence-corrected chi connectivity index (χ3v) is 2.39. The number of hydrogen-bond donors (Lipinski definition) is 1. The van der Waals surface area contributed by atoms with Gasteiger partial charge in [-0.1, -0.05) is 0 Å². The van der Waals surface area contributed by atoms with Gasteiger partial charge in [0.25, 0.3) is 0 Å². The Morgan fingerprint density at radius 3 is 2.53 bits per heavy atom. The Bertz CT molecular complexity index is 394. The van der Waals surface area contributed by atoms with Gasteiger partial charge in [-0.3, -0.25) is 9.88 Å². The summed E-state index contributed by atoms with van der Waals surface area (Å²) in [7, 11) is 2.61. The molecule has 1 amide bonds. The van der Waals surface area contributed by atoms with Crippen molar-refractivity contribution in [1.29, 1.82) is 0 Å². The highest BCUT2D eigenvalue weighted by Gasteiger charge is 2.27. The number of nitrogens with zero attached hydrogens (tertiary/aromatic N) is 2. The van der Waals surface area contributed by atoms with Crippen molar-refractivity contribution in [3.05, 3.63) is 30.1 Å². The van der Waals surface area contributed by atoms with Gasteiger partial charge >= 0.3 is 12.1 Å². The van der Waals surface area contributed by atoms with E-state index in [9.17, 15) is 9.59 Å². The van der Waals surface area contributed by atoms with E-state index in [1.54, 1.807) is 24.5 Å². The standard InChI is InChI=1S/C11H14N2O4/c1-13(11(16)17-2)9(10(14)15)7-8-3-5-12-6-4-8/h3-6,9H,7H2,1-2H3,(H,14,15)/t9-/m0/s1. The Kier molecular flexibility index (Phi) is 4.45. The predicted molar refractivity (Wildman–Crippen MR) is 59.5 cm³/mol. The number of rotatable bonds is 4. The second-order valence-corrected chi connectivity index (χ2v) is 3.49. The molecule has 0 aliphatic rings. The van der Waals surface area contributed by atoms with Crippen LogP contribution in [0.2, 0.25) is 0 Å². The summed E-state index contributed by atoms with van der Waals surface area (Å²) in [6.07, 6.45) is 2.69. The molecule has 92 valence electrons. The highest BCUT2D eigenvalue weighted by atomic mass is 16.5. The molecule has 17 heavy (non-hydrogen) atoms. The zero-order valence-electron chi connectivity index (χ0n) is 9.66. The maximum absolute atomic E-state index is 11.3. The smallest absolute Gasteiger partial charge is 0.409 e. The average Bonchev–Trinajstić information content (AvgIpc) is 2.35. The normalized spacial score (nSPS) is 11.6. The summed E-state index contributed by atoms with van der Waals surface area (Å²) < 4.78 is 4.49. The number of ether oxygens (including phenoxy) is 1. The zero-order valence-corrected chi connectivity index (χ0v) is 9.66. The van der Waals surface area contributed by atoms with Crippen molar-refractivity contribution in [3.63, 3.8) is 0 Å². The van der Waals surface area contributed by atoms with E-state index < -0.39 is 18.1 Å². The maximum atomic E-state index is 11.3. The minimum Gasteiger partial charge on any atom is -0.480 e. The summed E-state index contributed by atoms with van der Waals surface area (Å²) >= 11 is 0. The number of carbonyl (C=O) groups is 2. The van der Waals surface area contributed by atoms with E-state index in [0.29, 0.717) is 0 Å². The lowest BCUT2D eigenvalue weighted by Gasteiger charge is -2.23. The largest absolute Gasteiger partial charge is 0.480 e. The molecule has 1 atom stereocenters. The molecule has 0 unspecified atom stereocenters. The van der Waals surface area contributed by atoms with Gasteiger partial charge in [-0.25, -0.2) is 9.59 Å². The summed E-state index contributed by atoms with van der Waals surface area (Å²) in [5.74, 6) is -1.07. The van der Waals surface area contributed by atoms with Crippen LogP contribution in [0.1, 0.15) is 5.56 Å². The van der Waals surface area contributed by atoms with Gasteiger partial charge in [0.15, 0.2) is 0 Å². The first kappa shape index (κ1) is 13.0. The summed E-state index contributed by atoms with van der Waals surface area (Å²) in [5, 5.41) is 9.08. The summed E-state index contributed by atoms with van der Waals surface area (Å²) in [6.45, 7) is 0. The highest BCUT2D eigenvalue weighted by Crippen LogP contribution is 2.08. The van der Waals surface area contributed by atoms with Crippen LogP contribution in [0.3, 0.4) is 0 Å². The van der Waals surface area contributed by atoms with E-state index in [0.717, 1.165) is 10.5 Å². The Morgan fingerprint density at radius 1 is 1.47 bits per heavy atom. The van der Waals surface area contributed by atoms with Crippen molar-refractivity contribution >= 4 is 12.1 Å². The first-order chi connectivity index (χ1) is 8.06. The molecule has 6 heteroatoms. The van der Waals surface area contributed by atoms with E-state index in [4.69, 9.17) is 5.11 Å². The van der Waals surface area contributed by atoms with Crippen LogP contribution in [0.25, 0.3) is 0 Å². The molecule has 1 N–H and O–H groups in total. The fourth-order valence-electron chi connectivity index (χ4n) is 1.40. The molecule has 0 saturated heterocycles. The number of pyridine rings is 1. The van der Waals surface area contributed by atoms with E-state index in [1.165, 1.54) is 14.2 Å². The van der Waals surface area contributed by atoms with Crippen molar-refractivity contribution in [2.45, 2.75) is 12.5 Å². The highest BCUT2D eigenvalue weighted by molar-refractivity contribution is 5.80. The van der Waals surface area contributed by atoms with Gasteiger partial charge in [-0.2, -0.15) is 0 Å². The van der Waals surface area contributed by atoms with Crippen LogP contribution in [-0.4, -0.2) is 47.3 Å². The first-order valence-electron chi connectivity index (χ1n) is 4.98. The maximum Gasteiger partial charge on any atom is 0.409 e. The molecule has 1 rings (SSSR count). The molecule has 6 nitrogen and oxygen atoms in total. The summed E-state index contributed by atoms with van der Waals surface area (Å²) in [5.41, 5.74) is 0.795. The Balaban J connectivity index is 2.81. The molecule has 0 aliphatic heterocycles. The van der Waals surface area contributed by atoms with Crippen molar-refractivity contribution in [2.75, 3.05) is 14.2 Å². The van der Waals surface area contributed by atoms with Gasteiger partial charge in [0, 0.05) is 25.9 Å².